The van der Waals surface area contributed by atoms with E-state index in [9.17, 15) is 0 Å². The summed E-state index contributed by atoms with van der Waals surface area (Å²) >= 11 is 1.79. The molecule has 1 radical (unpaired) electrons. The normalized spacial score (nSPS) is 13.7. The molecule has 4 aromatic carbocycles. The summed E-state index contributed by atoms with van der Waals surface area (Å²) < 4.78 is 41.6. The molecule has 2 nitrogen and oxygen atoms in total. The van der Waals surface area contributed by atoms with Gasteiger partial charge in [-0.3, -0.25) is 0 Å². The van der Waals surface area contributed by atoms with Crippen LogP contribution in [0.1, 0.15) is 63.0 Å². The Morgan fingerprint density at radius 3 is 2.24 bits per heavy atom. The number of fused-ring (bicyclic) bond motifs is 3. The van der Waals surface area contributed by atoms with Crippen LogP contribution in [0.5, 0.6) is 0 Å². The van der Waals surface area contributed by atoms with Crippen molar-refractivity contribution in [3.8, 4) is 33.6 Å². The second-order valence-corrected chi connectivity index (χ2v) is 19.7. The Hall–Kier alpha value is -3.73. The summed E-state index contributed by atoms with van der Waals surface area (Å²) in [6, 6.07) is 38.5. The van der Waals surface area contributed by atoms with Crippen molar-refractivity contribution in [3.05, 3.63) is 138 Å². The maximum Gasteiger partial charge on any atom is 0.0799 e. The molecule has 3 heterocycles. The van der Waals surface area contributed by atoms with Crippen LogP contribution in [0.15, 0.2) is 109 Å². The Balaban J connectivity index is 0.000000208. The van der Waals surface area contributed by atoms with Crippen LogP contribution in [0.4, 0.5) is 0 Å². The fourth-order valence-corrected chi connectivity index (χ4v) is 8.65. The molecule has 0 unspecified atom stereocenters. The van der Waals surface area contributed by atoms with Gasteiger partial charge in [0.15, 0.2) is 0 Å². The van der Waals surface area contributed by atoms with Gasteiger partial charge in [-0.05, 0) is 61.7 Å². The maximum atomic E-state index is 8.48. The molecule has 5 heteroatoms. The van der Waals surface area contributed by atoms with Gasteiger partial charge in [-0.2, -0.15) is 11.3 Å². The number of rotatable bonds is 6. The average Bonchev–Trinajstić information content (AvgIpc) is 3.49. The molecule has 0 fully saturated rings. The number of nitrogens with zero attached hydrogens (tertiary/aromatic N) is 2. The van der Waals surface area contributed by atoms with Crippen molar-refractivity contribution in [2.75, 3.05) is 0 Å². The number of hydrogen-bond donors (Lipinski definition) is 0. The molecular weight excluding hydrogens is 809 g/mol. The fraction of sp³-hybridized carbons (Fsp3) is 0.227. The van der Waals surface area contributed by atoms with Gasteiger partial charge in [0.1, 0.15) is 0 Å². The quantitative estimate of drug-likeness (QED) is 0.123. The standard InChI is InChI=1S/C26H20NS.C18H24NSi.Ir/c1-17(2)19-13-14-27-24(15-19)23-10-6-9-22-21-12-11-20(16-25(21)28-26(22)23)18-7-4-3-5-8-18;1-13(2)16-11-17(15-9-7-14(3)8-10-15)19-12-18(16)20(4,5)6;/h3-9,11-17H,1-2H3;7-9,11-13H,1-6H3;/q2*-1;/i17D;3D3,13D;. The molecule has 0 spiro atoms. The van der Waals surface area contributed by atoms with Crippen LogP contribution >= 0.6 is 11.3 Å². The molecule has 0 saturated heterocycles. The summed E-state index contributed by atoms with van der Waals surface area (Å²) in [5.74, 6) is -1.37. The van der Waals surface area contributed by atoms with E-state index in [0.29, 0.717) is 0 Å². The van der Waals surface area contributed by atoms with Crippen molar-refractivity contribution < 1.29 is 27.0 Å². The number of aromatic nitrogens is 2. The van der Waals surface area contributed by atoms with Crippen LogP contribution < -0.4 is 5.19 Å². The van der Waals surface area contributed by atoms with Gasteiger partial charge in [0, 0.05) is 44.1 Å². The van der Waals surface area contributed by atoms with Crippen molar-refractivity contribution in [2.45, 2.75) is 66.0 Å². The van der Waals surface area contributed by atoms with Crippen LogP contribution in [-0.2, 0) is 20.1 Å². The van der Waals surface area contributed by atoms with Gasteiger partial charge < -0.3 is 9.97 Å². The Morgan fingerprint density at radius 1 is 0.776 bits per heavy atom. The molecule has 0 aliphatic carbocycles. The number of aryl methyl sites for hydroxylation is 1. The van der Waals surface area contributed by atoms with Gasteiger partial charge in [-0.25, -0.2) is 0 Å². The molecule has 0 aliphatic heterocycles. The van der Waals surface area contributed by atoms with Crippen LogP contribution in [0.25, 0.3) is 53.8 Å². The first-order valence-electron chi connectivity index (χ1n) is 18.7. The molecule has 0 amide bonds. The van der Waals surface area contributed by atoms with E-state index in [1.54, 1.807) is 29.7 Å². The zero-order chi connectivity index (χ0) is 38.3. The molecular formula is C44H44IrN2SSi-2. The largest absolute Gasteiger partial charge is 0.305 e. The van der Waals surface area contributed by atoms with Gasteiger partial charge >= 0.3 is 0 Å². The summed E-state index contributed by atoms with van der Waals surface area (Å²) in [6.45, 7) is 12.2. The summed E-state index contributed by atoms with van der Waals surface area (Å²) in [6.07, 6.45) is 3.69. The average molecular weight is 858 g/mol. The van der Waals surface area contributed by atoms with Gasteiger partial charge in [0.25, 0.3) is 0 Å². The molecule has 0 aliphatic rings. The zero-order valence-electron chi connectivity index (χ0n) is 34.0. The van der Waals surface area contributed by atoms with E-state index in [-0.39, 0.29) is 25.7 Å². The predicted octanol–water partition coefficient (Wildman–Crippen LogP) is 12.2. The molecule has 49 heavy (non-hydrogen) atoms. The van der Waals surface area contributed by atoms with Crippen molar-refractivity contribution in [1.82, 2.24) is 9.97 Å². The number of hydrogen-bond acceptors (Lipinski definition) is 3. The van der Waals surface area contributed by atoms with E-state index in [2.05, 4.69) is 90.3 Å². The molecule has 7 rings (SSSR count). The van der Waals surface area contributed by atoms with E-state index in [0.717, 1.165) is 33.6 Å². The number of benzene rings is 4. The molecule has 0 saturated carbocycles. The second-order valence-electron chi connectivity index (χ2n) is 13.6. The van der Waals surface area contributed by atoms with E-state index in [1.807, 2.05) is 64.2 Å². The Bertz CT molecular complexity index is 2390. The van der Waals surface area contributed by atoms with Gasteiger partial charge in [0.2, 0.25) is 0 Å². The fourth-order valence-electron chi connectivity index (χ4n) is 5.82. The smallest absolute Gasteiger partial charge is 0.0799 e. The SMILES string of the molecule is [2H]C(C)(C)c1ccnc(-c2[c-]ccc3c2sc2cc(-c4ccccc4)ccc23)c1.[2H]C([2H])([2H])c1c[c-]c(-c2cc(C([2H])(C)C)c([Si](C)(C)C)cn2)cc1.[Ir]. The van der Waals surface area contributed by atoms with Crippen LogP contribution in [0.3, 0.4) is 0 Å². The second kappa shape index (κ2) is 15.4. The minimum Gasteiger partial charge on any atom is -0.305 e. The van der Waals surface area contributed by atoms with E-state index in [4.69, 9.17) is 6.85 Å². The predicted molar refractivity (Wildman–Crippen MR) is 211 cm³/mol. The third-order valence-corrected chi connectivity index (χ3v) is 11.7. The van der Waals surface area contributed by atoms with Crippen molar-refractivity contribution in [3.63, 3.8) is 0 Å². The van der Waals surface area contributed by atoms with E-state index >= 15 is 0 Å². The third kappa shape index (κ3) is 8.19. The minimum absolute atomic E-state index is 0. The minimum atomic E-state index is -2.13. The van der Waals surface area contributed by atoms with Gasteiger partial charge in [-0.1, -0.05) is 125 Å². The molecule has 3 aromatic heterocycles. The molecule has 0 atom stereocenters. The number of pyridine rings is 2. The van der Waals surface area contributed by atoms with E-state index in [1.165, 1.54) is 42.6 Å². The zero-order valence-corrected chi connectivity index (χ0v) is 33.2. The monoisotopic (exact) mass is 858 g/mol. The Kier molecular flexibility index (Phi) is 9.49. The molecule has 251 valence electrons. The van der Waals surface area contributed by atoms with Crippen molar-refractivity contribution in [1.29, 1.82) is 0 Å². The van der Waals surface area contributed by atoms with E-state index < -0.39 is 26.7 Å². The first kappa shape index (κ1) is 30.1. The summed E-state index contributed by atoms with van der Waals surface area (Å²) in [5.41, 5.74) is 8.03. The molecule has 0 N–H and O–H groups in total. The Morgan fingerprint density at radius 2 is 1.57 bits per heavy atom. The topological polar surface area (TPSA) is 25.8 Å². The van der Waals surface area contributed by atoms with Gasteiger partial charge in [0.05, 0.1) is 8.07 Å². The molecule has 0 bridgehead atoms. The van der Waals surface area contributed by atoms with Crippen LogP contribution in [-0.4, -0.2) is 18.0 Å². The third-order valence-electron chi connectivity index (χ3n) is 8.47. The summed E-state index contributed by atoms with van der Waals surface area (Å²) in [7, 11) is -1.61. The first-order chi connectivity index (χ1) is 24.8. The van der Waals surface area contributed by atoms with Gasteiger partial charge in [-0.15, -0.1) is 59.2 Å². The van der Waals surface area contributed by atoms with Crippen molar-refractivity contribution in [2.24, 2.45) is 0 Å². The summed E-state index contributed by atoms with van der Waals surface area (Å²) in [5, 5.41) is 3.68. The van der Waals surface area contributed by atoms with Crippen molar-refractivity contribution >= 4 is 44.8 Å². The summed E-state index contributed by atoms with van der Waals surface area (Å²) in [4.78, 5) is 9.16. The number of thiophene rings is 1. The first-order valence-corrected chi connectivity index (χ1v) is 20.6. The van der Waals surface area contributed by atoms with Crippen LogP contribution in [0, 0.1) is 19.0 Å². The Labute approximate surface area is 318 Å². The van der Waals surface area contributed by atoms with Crippen LogP contribution in [0.2, 0.25) is 19.6 Å². The maximum absolute atomic E-state index is 8.48. The molecule has 7 aromatic rings.